The zero-order chi connectivity index (χ0) is 14.6. The molecule has 0 heterocycles. The van der Waals surface area contributed by atoms with E-state index in [0.717, 1.165) is 24.2 Å². The molecule has 106 valence electrons. The van der Waals surface area contributed by atoms with E-state index in [9.17, 15) is 9.90 Å². The van der Waals surface area contributed by atoms with Gasteiger partial charge in [-0.1, -0.05) is 13.0 Å². The fourth-order valence-electron chi connectivity index (χ4n) is 2.09. The van der Waals surface area contributed by atoms with E-state index in [4.69, 9.17) is 5.73 Å². The highest BCUT2D eigenvalue weighted by Gasteiger charge is 2.18. The molecule has 0 unspecified atom stereocenters. The first kappa shape index (κ1) is 15.7. The molecule has 0 aliphatic rings. The van der Waals surface area contributed by atoms with Crippen LogP contribution in [0.1, 0.15) is 42.3 Å². The average Bonchev–Trinajstić information content (AvgIpc) is 2.28. The highest BCUT2D eigenvalue weighted by Crippen LogP contribution is 2.15. The smallest absolute Gasteiger partial charge is 0.248 e. The number of likely N-dealkylation sites (N-methyl/N-ethyl adjacent to an activating group) is 1. The first-order chi connectivity index (χ1) is 8.73. The van der Waals surface area contributed by atoms with Crippen LogP contribution < -0.4 is 5.73 Å². The van der Waals surface area contributed by atoms with Gasteiger partial charge in [0, 0.05) is 18.7 Å². The second kappa shape index (κ2) is 6.17. The van der Waals surface area contributed by atoms with Gasteiger partial charge in [-0.05, 0) is 50.6 Å². The van der Waals surface area contributed by atoms with Crippen LogP contribution in [0.5, 0.6) is 0 Å². The molecule has 0 atom stereocenters. The van der Waals surface area contributed by atoms with Gasteiger partial charge in [-0.25, -0.2) is 0 Å². The molecule has 0 aliphatic carbocycles. The maximum atomic E-state index is 11.1. The van der Waals surface area contributed by atoms with Crippen LogP contribution in [-0.2, 0) is 6.54 Å². The number of benzene rings is 1. The van der Waals surface area contributed by atoms with E-state index in [1.54, 1.807) is 19.9 Å². The monoisotopic (exact) mass is 264 g/mol. The molecule has 0 radical (unpaired) electrons. The van der Waals surface area contributed by atoms with Crippen molar-refractivity contribution in [2.75, 3.05) is 13.1 Å². The van der Waals surface area contributed by atoms with E-state index in [1.807, 2.05) is 19.1 Å². The first-order valence-corrected chi connectivity index (χ1v) is 6.57. The van der Waals surface area contributed by atoms with Gasteiger partial charge in [-0.3, -0.25) is 9.69 Å². The van der Waals surface area contributed by atoms with E-state index in [2.05, 4.69) is 11.8 Å². The fourth-order valence-corrected chi connectivity index (χ4v) is 2.09. The maximum Gasteiger partial charge on any atom is 0.248 e. The van der Waals surface area contributed by atoms with Gasteiger partial charge in [0.2, 0.25) is 5.91 Å². The van der Waals surface area contributed by atoms with Crippen LogP contribution in [0.15, 0.2) is 18.2 Å². The Bertz CT molecular complexity index is 450. The summed E-state index contributed by atoms with van der Waals surface area (Å²) in [4.78, 5) is 13.3. The zero-order valence-electron chi connectivity index (χ0n) is 12.2. The summed E-state index contributed by atoms with van der Waals surface area (Å²) in [6.07, 6.45) is 0. The first-order valence-electron chi connectivity index (χ1n) is 6.57. The third-order valence-electron chi connectivity index (χ3n) is 3.08. The Balaban J connectivity index is 2.83. The lowest BCUT2D eigenvalue weighted by molar-refractivity contribution is 0.0353. The molecule has 0 spiro atoms. The van der Waals surface area contributed by atoms with Crippen molar-refractivity contribution in [2.24, 2.45) is 5.73 Å². The number of hydrogen-bond acceptors (Lipinski definition) is 3. The molecular weight excluding hydrogens is 240 g/mol. The molecule has 1 amide bonds. The van der Waals surface area contributed by atoms with Gasteiger partial charge in [0.1, 0.15) is 0 Å². The maximum absolute atomic E-state index is 11.1. The molecule has 0 saturated carbocycles. The third kappa shape index (κ3) is 5.01. The number of rotatable bonds is 6. The Kier molecular flexibility index (Phi) is 5.09. The number of nitrogens with two attached hydrogens (primary N) is 1. The summed E-state index contributed by atoms with van der Waals surface area (Å²) in [5.41, 5.74) is 7.28. The summed E-state index contributed by atoms with van der Waals surface area (Å²) < 4.78 is 0. The van der Waals surface area contributed by atoms with Gasteiger partial charge < -0.3 is 10.8 Å². The van der Waals surface area contributed by atoms with Crippen LogP contribution in [0.25, 0.3) is 0 Å². The summed E-state index contributed by atoms with van der Waals surface area (Å²) in [5, 5.41) is 9.88. The molecule has 4 heteroatoms. The van der Waals surface area contributed by atoms with Crippen LogP contribution in [0.4, 0.5) is 0 Å². The van der Waals surface area contributed by atoms with Crippen molar-refractivity contribution >= 4 is 5.91 Å². The van der Waals surface area contributed by atoms with E-state index < -0.39 is 11.5 Å². The standard InChI is InChI=1S/C15H24N2O2/c1-5-17(10-15(3,4)19)9-13-7-6-12(14(16)18)8-11(13)2/h6-8,19H,5,9-10H2,1-4H3,(H2,16,18). The topological polar surface area (TPSA) is 66.6 Å². The van der Waals surface area contributed by atoms with Crippen LogP contribution in [0, 0.1) is 6.92 Å². The Morgan fingerprint density at radius 3 is 2.47 bits per heavy atom. The van der Waals surface area contributed by atoms with Crippen molar-refractivity contribution < 1.29 is 9.90 Å². The predicted molar refractivity (Wildman–Crippen MR) is 76.9 cm³/mol. The molecule has 0 saturated heterocycles. The Morgan fingerprint density at radius 1 is 1.42 bits per heavy atom. The van der Waals surface area contributed by atoms with Gasteiger partial charge in [-0.15, -0.1) is 0 Å². The summed E-state index contributed by atoms with van der Waals surface area (Å²) >= 11 is 0. The third-order valence-corrected chi connectivity index (χ3v) is 3.08. The molecule has 1 aromatic carbocycles. The Morgan fingerprint density at radius 2 is 2.05 bits per heavy atom. The number of hydrogen-bond donors (Lipinski definition) is 2. The number of carbonyl (C=O) groups is 1. The molecule has 1 rings (SSSR count). The largest absolute Gasteiger partial charge is 0.389 e. The Labute approximate surface area is 115 Å². The van der Waals surface area contributed by atoms with Crippen molar-refractivity contribution in [1.82, 2.24) is 4.90 Å². The van der Waals surface area contributed by atoms with Gasteiger partial charge in [-0.2, -0.15) is 0 Å². The van der Waals surface area contributed by atoms with Crippen molar-refractivity contribution in [3.8, 4) is 0 Å². The fraction of sp³-hybridized carbons (Fsp3) is 0.533. The molecule has 4 nitrogen and oxygen atoms in total. The van der Waals surface area contributed by atoms with E-state index in [-0.39, 0.29) is 0 Å². The summed E-state index contributed by atoms with van der Waals surface area (Å²) in [5.74, 6) is -0.404. The molecule has 0 aliphatic heterocycles. The van der Waals surface area contributed by atoms with E-state index in [0.29, 0.717) is 12.1 Å². The van der Waals surface area contributed by atoms with E-state index >= 15 is 0 Å². The van der Waals surface area contributed by atoms with Crippen molar-refractivity contribution in [2.45, 2.75) is 39.8 Å². The summed E-state index contributed by atoms with van der Waals surface area (Å²) in [6, 6.07) is 5.50. The van der Waals surface area contributed by atoms with Crippen LogP contribution in [-0.4, -0.2) is 34.6 Å². The number of nitrogens with zero attached hydrogens (tertiary/aromatic N) is 1. The highest BCUT2D eigenvalue weighted by atomic mass is 16.3. The van der Waals surface area contributed by atoms with Crippen LogP contribution in [0.2, 0.25) is 0 Å². The molecule has 19 heavy (non-hydrogen) atoms. The normalized spacial score (nSPS) is 11.9. The molecule has 1 aromatic rings. The second-order valence-electron chi connectivity index (χ2n) is 5.62. The lowest BCUT2D eigenvalue weighted by Gasteiger charge is -2.28. The number of aliphatic hydroxyl groups is 1. The van der Waals surface area contributed by atoms with Gasteiger partial charge >= 0.3 is 0 Å². The number of primary amides is 1. The molecule has 0 fully saturated rings. The summed E-state index contributed by atoms with van der Waals surface area (Å²) in [7, 11) is 0. The molecular formula is C15H24N2O2. The zero-order valence-corrected chi connectivity index (χ0v) is 12.2. The highest BCUT2D eigenvalue weighted by molar-refractivity contribution is 5.93. The number of carbonyl (C=O) groups excluding carboxylic acids is 1. The minimum Gasteiger partial charge on any atom is -0.389 e. The predicted octanol–water partition coefficient (Wildman–Crippen LogP) is 1.69. The lowest BCUT2D eigenvalue weighted by Crippen LogP contribution is -2.38. The summed E-state index contributed by atoms with van der Waals surface area (Å²) in [6.45, 7) is 9.88. The molecule has 0 aromatic heterocycles. The quantitative estimate of drug-likeness (QED) is 0.821. The lowest BCUT2D eigenvalue weighted by atomic mass is 10.0. The Hall–Kier alpha value is -1.39. The van der Waals surface area contributed by atoms with Crippen LogP contribution in [0.3, 0.4) is 0 Å². The number of aryl methyl sites for hydroxylation is 1. The second-order valence-corrected chi connectivity index (χ2v) is 5.62. The number of amides is 1. The van der Waals surface area contributed by atoms with Crippen molar-refractivity contribution in [3.63, 3.8) is 0 Å². The SMILES string of the molecule is CCN(Cc1ccc(C(N)=O)cc1C)CC(C)(C)O. The minimum absolute atomic E-state index is 0.404. The van der Waals surface area contributed by atoms with Crippen molar-refractivity contribution in [3.05, 3.63) is 34.9 Å². The minimum atomic E-state index is -0.711. The van der Waals surface area contributed by atoms with Gasteiger partial charge in [0.05, 0.1) is 5.60 Å². The van der Waals surface area contributed by atoms with Gasteiger partial charge in [0.15, 0.2) is 0 Å². The van der Waals surface area contributed by atoms with Crippen molar-refractivity contribution in [1.29, 1.82) is 0 Å². The molecule has 0 bridgehead atoms. The molecule has 3 N–H and O–H groups in total. The van der Waals surface area contributed by atoms with E-state index in [1.165, 1.54) is 0 Å². The average molecular weight is 264 g/mol. The van der Waals surface area contributed by atoms with Gasteiger partial charge in [0.25, 0.3) is 0 Å². The van der Waals surface area contributed by atoms with Crippen LogP contribution >= 0.6 is 0 Å².